The van der Waals surface area contributed by atoms with E-state index in [1.807, 2.05) is 25.4 Å². The molecule has 1 aliphatic carbocycles. The number of anilines is 1. The molecule has 5 heteroatoms. The van der Waals surface area contributed by atoms with E-state index < -0.39 is 0 Å². The normalized spacial score (nSPS) is 16.9. The SMILES string of the molecule is Cc1cc2c(cc1C#N)c(-c1cncc3c1OCCN3)cn2C1CCCCC1. The summed E-state index contributed by atoms with van der Waals surface area (Å²) in [6, 6.07) is 7.08. The van der Waals surface area contributed by atoms with Crippen LogP contribution in [-0.4, -0.2) is 22.7 Å². The first-order valence-electron chi connectivity index (χ1n) is 10.2. The van der Waals surface area contributed by atoms with Crippen molar-refractivity contribution in [1.82, 2.24) is 9.55 Å². The standard InChI is InChI=1S/C23H24N4O/c1-15-9-22-18(10-16(15)11-24)20(14-27(22)17-5-3-2-4-6-17)19-12-25-13-21-23(19)28-8-7-26-21/h9-10,12-14,17,26H,2-8H2,1H3. The number of nitriles is 1. The minimum absolute atomic E-state index is 0.517. The minimum Gasteiger partial charge on any atom is -0.489 e. The lowest BCUT2D eigenvalue weighted by Gasteiger charge is -2.24. The number of hydrogen-bond donors (Lipinski definition) is 1. The van der Waals surface area contributed by atoms with Gasteiger partial charge in [0.25, 0.3) is 0 Å². The molecule has 3 heterocycles. The first kappa shape index (κ1) is 17.1. The Morgan fingerprint density at radius 2 is 2.04 bits per heavy atom. The molecule has 0 bridgehead atoms. The highest BCUT2D eigenvalue weighted by Crippen LogP contribution is 2.43. The molecular weight excluding hydrogens is 348 g/mol. The van der Waals surface area contributed by atoms with E-state index in [2.05, 4.69) is 33.2 Å². The lowest BCUT2D eigenvalue weighted by molar-refractivity contribution is 0.324. The van der Waals surface area contributed by atoms with Crippen LogP contribution in [0.2, 0.25) is 0 Å². The van der Waals surface area contributed by atoms with Crippen LogP contribution in [0.4, 0.5) is 5.69 Å². The number of rotatable bonds is 2. The molecule has 28 heavy (non-hydrogen) atoms. The molecule has 0 saturated heterocycles. The number of pyridine rings is 1. The lowest BCUT2D eigenvalue weighted by atomic mass is 9.95. The van der Waals surface area contributed by atoms with Gasteiger partial charge in [0.2, 0.25) is 0 Å². The van der Waals surface area contributed by atoms with Crippen molar-refractivity contribution in [3.8, 4) is 22.9 Å². The smallest absolute Gasteiger partial charge is 0.153 e. The minimum atomic E-state index is 0.517. The number of aryl methyl sites for hydroxylation is 1. The zero-order valence-corrected chi connectivity index (χ0v) is 16.2. The van der Waals surface area contributed by atoms with Crippen LogP contribution in [0.1, 0.15) is 49.3 Å². The Labute approximate surface area is 165 Å². The van der Waals surface area contributed by atoms with Crippen LogP contribution in [-0.2, 0) is 0 Å². The van der Waals surface area contributed by atoms with Gasteiger partial charge < -0.3 is 14.6 Å². The van der Waals surface area contributed by atoms with Gasteiger partial charge in [-0.05, 0) is 37.5 Å². The van der Waals surface area contributed by atoms with Crippen LogP contribution in [0.3, 0.4) is 0 Å². The van der Waals surface area contributed by atoms with E-state index in [-0.39, 0.29) is 0 Å². The fraction of sp³-hybridized carbons (Fsp3) is 0.391. The number of aromatic nitrogens is 2. The molecule has 0 amide bonds. The monoisotopic (exact) mass is 372 g/mol. The quantitative estimate of drug-likeness (QED) is 0.672. The van der Waals surface area contributed by atoms with E-state index in [0.29, 0.717) is 12.6 Å². The summed E-state index contributed by atoms with van der Waals surface area (Å²) in [6.45, 7) is 3.46. The Kier molecular flexibility index (Phi) is 4.20. The highest BCUT2D eigenvalue weighted by atomic mass is 16.5. The summed E-state index contributed by atoms with van der Waals surface area (Å²) in [6.07, 6.45) is 12.3. The number of ether oxygens (including phenoxy) is 1. The van der Waals surface area contributed by atoms with Crippen molar-refractivity contribution >= 4 is 16.6 Å². The predicted molar refractivity (Wildman–Crippen MR) is 111 cm³/mol. The fourth-order valence-electron chi connectivity index (χ4n) is 4.66. The maximum Gasteiger partial charge on any atom is 0.153 e. The first-order chi connectivity index (χ1) is 13.8. The number of benzene rings is 1. The topological polar surface area (TPSA) is 62.9 Å². The molecular formula is C23H24N4O. The summed E-state index contributed by atoms with van der Waals surface area (Å²) in [5, 5.41) is 14.1. The molecule has 0 atom stereocenters. The molecule has 1 aliphatic heterocycles. The van der Waals surface area contributed by atoms with Gasteiger partial charge >= 0.3 is 0 Å². The number of nitrogens with one attached hydrogen (secondary N) is 1. The summed E-state index contributed by atoms with van der Waals surface area (Å²) < 4.78 is 8.45. The Balaban J connectivity index is 1.76. The third kappa shape index (κ3) is 2.72. The summed E-state index contributed by atoms with van der Waals surface area (Å²) in [4.78, 5) is 4.45. The largest absolute Gasteiger partial charge is 0.489 e. The zero-order chi connectivity index (χ0) is 19.1. The van der Waals surface area contributed by atoms with Gasteiger partial charge in [0, 0.05) is 47.0 Å². The van der Waals surface area contributed by atoms with Crippen LogP contribution in [0.5, 0.6) is 5.75 Å². The molecule has 2 aromatic heterocycles. The average Bonchev–Trinajstić information content (AvgIpc) is 3.11. The molecule has 5 rings (SSSR count). The van der Waals surface area contributed by atoms with Crippen molar-refractivity contribution in [2.24, 2.45) is 0 Å². The molecule has 0 radical (unpaired) electrons. The van der Waals surface area contributed by atoms with Gasteiger partial charge in [0.05, 0.1) is 23.5 Å². The third-order valence-electron chi connectivity index (χ3n) is 6.12. The molecule has 2 aliphatic rings. The van der Waals surface area contributed by atoms with Gasteiger partial charge in [-0.2, -0.15) is 5.26 Å². The lowest BCUT2D eigenvalue weighted by Crippen LogP contribution is -2.18. The second-order valence-corrected chi connectivity index (χ2v) is 7.88. The van der Waals surface area contributed by atoms with E-state index in [9.17, 15) is 5.26 Å². The summed E-state index contributed by atoms with van der Waals surface area (Å²) >= 11 is 0. The van der Waals surface area contributed by atoms with Crippen molar-refractivity contribution in [3.63, 3.8) is 0 Å². The van der Waals surface area contributed by atoms with Crippen LogP contribution in [0, 0.1) is 18.3 Å². The maximum atomic E-state index is 9.58. The number of hydrogen-bond acceptors (Lipinski definition) is 4. The van der Waals surface area contributed by atoms with Crippen LogP contribution >= 0.6 is 0 Å². The Morgan fingerprint density at radius 3 is 2.86 bits per heavy atom. The zero-order valence-electron chi connectivity index (χ0n) is 16.2. The van der Waals surface area contributed by atoms with Crippen molar-refractivity contribution in [1.29, 1.82) is 5.26 Å². The molecule has 1 aromatic carbocycles. The van der Waals surface area contributed by atoms with Crippen molar-refractivity contribution < 1.29 is 4.74 Å². The van der Waals surface area contributed by atoms with Crippen molar-refractivity contribution in [2.45, 2.75) is 45.1 Å². The average molecular weight is 372 g/mol. The highest BCUT2D eigenvalue weighted by Gasteiger charge is 2.23. The molecule has 1 N–H and O–H groups in total. The van der Waals surface area contributed by atoms with Crippen LogP contribution in [0.25, 0.3) is 22.0 Å². The molecule has 142 valence electrons. The molecule has 0 spiro atoms. The molecule has 1 fully saturated rings. The molecule has 5 nitrogen and oxygen atoms in total. The molecule has 1 saturated carbocycles. The Morgan fingerprint density at radius 1 is 1.18 bits per heavy atom. The van der Waals surface area contributed by atoms with Crippen molar-refractivity contribution in [3.05, 3.63) is 41.9 Å². The van der Waals surface area contributed by atoms with Crippen LogP contribution in [0.15, 0.2) is 30.7 Å². The summed E-state index contributed by atoms with van der Waals surface area (Å²) in [5.41, 5.74) is 6.01. The van der Waals surface area contributed by atoms with Gasteiger partial charge in [-0.3, -0.25) is 4.98 Å². The molecule has 3 aromatic rings. The Bertz CT molecular complexity index is 1090. The van der Waals surface area contributed by atoms with E-state index in [1.165, 1.54) is 37.6 Å². The van der Waals surface area contributed by atoms with Gasteiger partial charge in [-0.15, -0.1) is 0 Å². The summed E-state index contributed by atoms with van der Waals surface area (Å²) in [5.74, 6) is 0.864. The second kappa shape index (κ2) is 6.87. The van der Waals surface area contributed by atoms with Gasteiger partial charge in [0.1, 0.15) is 6.61 Å². The molecule has 0 unspecified atom stereocenters. The second-order valence-electron chi connectivity index (χ2n) is 7.88. The predicted octanol–water partition coefficient (Wildman–Crippen LogP) is 5.19. The Hall–Kier alpha value is -3.00. The van der Waals surface area contributed by atoms with E-state index in [0.717, 1.165) is 45.6 Å². The number of nitrogens with zero attached hydrogens (tertiary/aromatic N) is 3. The maximum absolute atomic E-state index is 9.58. The summed E-state index contributed by atoms with van der Waals surface area (Å²) in [7, 11) is 0. The third-order valence-corrected chi connectivity index (χ3v) is 6.12. The van der Waals surface area contributed by atoms with E-state index >= 15 is 0 Å². The highest BCUT2D eigenvalue weighted by molar-refractivity contribution is 5.99. The van der Waals surface area contributed by atoms with E-state index in [1.54, 1.807) is 0 Å². The van der Waals surface area contributed by atoms with Crippen LogP contribution < -0.4 is 10.1 Å². The van der Waals surface area contributed by atoms with Crippen molar-refractivity contribution in [2.75, 3.05) is 18.5 Å². The van der Waals surface area contributed by atoms with E-state index in [4.69, 9.17) is 4.74 Å². The van der Waals surface area contributed by atoms with Gasteiger partial charge in [-0.25, -0.2) is 0 Å². The van der Waals surface area contributed by atoms with Gasteiger partial charge in [-0.1, -0.05) is 19.3 Å². The fourth-order valence-corrected chi connectivity index (χ4v) is 4.66. The first-order valence-corrected chi connectivity index (χ1v) is 10.2. The number of fused-ring (bicyclic) bond motifs is 2. The van der Waals surface area contributed by atoms with Gasteiger partial charge in [0.15, 0.2) is 5.75 Å².